The lowest BCUT2D eigenvalue weighted by Crippen LogP contribution is -2.32. The van der Waals surface area contributed by atoms with E-state index in [4.69, 9.17) is 5.11 Å². The number of likely N-dealkylation sites (tertiary alicyclic amines) is 1. The molecule has 0 aromatic heterocycles. The first-order valence-corrected chi connectivity index (χ1v) is 3.78. The van der Waals surface area contributed by atoms with Crippen LogP contribution >= 0.6 is 0 Å². The van der Waals surface area contributed by atoms with Gasteiger partial charge in [0.05, 0.1) is 6.54 Å². The van der Waals surface area contributed by atoms with Crippen molar-refractivity contribution in [3.8, 4) is 0 Å². The maximum Gasteiger partial charge on any atom is 0.312 e. The molecule has 0 aromatic rings. The van der Waals surface area contributed by atoms with Crippen LogP contribution in [0.2, 0.25) is 0 Å². The minimum atomic E-state index is -2.85. The van der Waals surface area contributed by atoms with Crippen LogP contribution < -0.4 is 0 Å². The Morgan fingerprint density at radius 2 is 2.08 bits per heavy atom. The average molecular weight is 193 g/mol. The summed E-state index contributed by atoms with van der Waals surface area (Å²) in [5.41, 5.74) is 0. The van der Waals surface area contributed by atoms with E-state index in [9.17, 15) is 18.4 Å². The van der Waals surface area contributed by atoms with Crippen molar-refractivity contribution in [1.29, 1.82) is 0 Å². The molecular formula is C7H9F2NO3. The van der Waals surface area contributed by atoms with Crippen LogP contribution in [0.4, 0.5) is 8.78 Å². The van der Waals surface area contributed by atoms with E-state index < -0.39 is 30.8 Å². The molecule has 6 heteroatoms. The fourth-order valence-corrected chi connectivity index (χ4v) is 1.19. The summed E-state index contributed by atoms with van der Waals surface area (Å²) in [4.78, 5) is 21.9. The van der Waals surface area contributed by atoms with Crippen LogP contribution in [-0.4, -0.2) is 40.9 Å². The number of hydrogen-bond donors (Lipinski definition) is 1. The molecule has 1 N–H and O–H groups in total. The number of carbonyl (C=O) groups is 2. The van der Waals surface area contributed by atoms with Crippen molar-refractivity contribution in [2.45, 2.75) is 18.8 Å². The summed E-state index contributed by atoms with van der Waals surface area (Å²) >= 11 is 0. The lowest BCUT2D eigenvalue weighted by molar-refractivity contribution is -0.144. The van der Waals surface area contributed by atoms with E-state index in [0.717, 1.165) is 4.90 Å². The molecule has 1 aliphatic rings. The molecule has 0 bridgehead atoms. The summed E-state index contributed by atoms with van der Waals surface area (Å²) in [5, 5.41) is 8.24. The van der Waals surface area contributed by atoms with E-state index in [2.05, 4.69) is 0 Å². The zero-order valence-corrected chi connectivity index (χ0v) is 6.80. The van der Waals surface area contributed by atoms with Crippen molar-refractivity contribution in [3.63, 3.8) is 0 Å². The molecule has 1 heterocycles. The first-order valence-electron chi connectivity index (χ1n) is 3.78. The SMILES string of the molecule is O=C(O)CC(=O)N1CCC(F)(F)C1. The maximum absolute atomic E-state index is 12.6. The first-order chi connectivity index (χ1) is 5.91. The van der Waals surface area contributed by atoms with Gasteiger partial charge in [0.2, 0.25) is 5.91 Å². The van der Waals surface area contributed by atoms with Crippen molar-refractivity contribution in [1.82, 2.24) is 4.90 Å². The van der Waals surface area contributed by atoms with Gasteiger partial charge in [-0.05, 0) is 0 Å². The van der Waals surface area contributed by atoms with E-state index in [1.54, 1.807) is 0 Å². The number of amides is 1. The summed E-state index contributed by atoms with van der Waals surface area (Å²) in [6.45, 7) is -0.710. The van der Waals surface area contributed by atoms with Crippen molar-refractivity contribution in [2.24, 2.45) is 0 Å². The molecule has 1 fully saturated rings. The third kappa shape index (κ3) is 2.64. The molecule has 0 saturated carbocycles. The predicted molar refractivity (Wildman–Crippen MR) is 38.4 cm³/mol. The van der Waals surface area contributed by atoms with E-state index in [1.165, 1.54) is 0 Å². The van der Waals surface area contributed by atoms with Crippen molar-refractivity contribution in [3.05, 3.63) is 0 Å². The molecule has 0 unspecified atom stereocenters. The van der Waals surface area contributed by atoms with Crippen LogP contribution in [0.3, 0.4) is 0 Å². The smallest absolute Gasteiger partial charge is 0.312 e. The molecule has 1 amide bonds. The van der Waals surface area contributed by atoms with Gasteiger partial charge >= 0.3 is 5.97 Å². The Kier molecular flexibility index (Phi) is 2.49. The van der Waals surface area contributed by atoms with Gasteiger partial charge in [-0.3, -0.25) is 9.59 Å². The Balaban J connectivity index is 2.47. The summed E-state index contributed by atoms with van der Waals surface area (Å²) in [5.74, 6) is -4.89. The third-order valence-electron chi connectivity index (χ3n) is 1.82. The molecule has 0 atom stereocenters. The fourth-order valence-electron chi connectivity index (χ4n) is 1.19. The quantitative estimate of drug-likeness (QED) is 0.643. The first kappa shape index (κ1) is 9.88. The van der Waals surface area contributed by atoms with E-state index in [-0.39, 0.29) is 13.0 Å². The summed E-state index contributed by atoms with van der Waals surface area (Å²) in [6, 6.07) is 0. The van der Waals surface area contributed by atoms with Crippen molar-refractivity contribution in [2.75, 3.05) is 13.1 Å². The molecule has 1 saturated heterocycles. The third-order valence-corrected chi connectivity index (χ3v) is 1.82. The molecule has 0 aromatic carbocycles. The Morgan fingerprint density at radius 1 is 1.46 bits per heavy atom. The second-order valence-corrected chi connectivity index (χ2v) is 2.99. The number of carboxylic acid groups (broad SMARTS) is 1. The second kappa shape index (κ2) is 3.27. The molecule has 0 spiro atoms. The maximum atomic E-state index is 12.6. The Morgan fingerprint density at radius 3 is 2.46 bits per heavy atom. The van der Waals surface area contributed by atoms with Gasteiger partial charge in [0.1, 0.15) is 6.42 Å². The topological polar surface area (TPSA) is 57.6 Å². The number of carbonyl (C=O) groups excluding carboxylic acids is 1. The zero-order chi connectivity index (χ0) is 10.1. The standard InChI is InChI=1S/C7H9F2NO3/c8-7(9)1-2-10(4-7)5(11)3-6(12)13/h1-4H2,(H,12,13). The lowest BCUT2D eigenvalue weighted by atomic mass is 10.3. The van der Waals surface area contributed by atoms with Gasteiger partial charge in [-0.25, -0.2) is 8.78 Å². The highest BCUT2D eigenvalue weighted by Gasteiger charge is 2.40. The molecule has 0 aliphatic carbocycles. The van der Waals surface area contributed by atoms with Crippen LogP contribution in [0.1, 0.15) is 12.8 Å². The largest absolute Gasteiger partial charge is 0.481 e. The molecule has 1 aliphatic heterocycles. The number of rotatable bonds is 2. The molecule has 0 radical (unpaired) electrons. The highest BCUT2D eigenvalue weighted by Crippen LogP contribution is 2.26. The van der Waals surface area contributed by atoms with Gasteiger partial charge < -0.3 is 10.0 Å². The van der Waals surface area contributed by atoms with E-state index in [1.807, 2.05) is 0 Å². The Bertz CT molecular complexity index is 242. The molecular weight excluding hydrogens is 184 g/mol. The fraction of sp³-hybridized carbons (Fsp3) is 0.714. The normalized spacial score (nSPS) is 20.3. The van der Waals surface area contributed by atoms with Crippen LogP contribution in [0, 0.1) is 0 Å². The lowest BCUT2D eigenvalue weighted by Gasteiger charge is -2.14. The predicted octanol–water partition coefficient (Wildman–Crippen LogP) is 0.329. The molecule has 1 rings (SSSR count). The average Bonchev–Trinajstić information content (AvgIpc) is 2.28. The minimum absolute atomic E-state index is 0.0564. The zero-order valence-electron chi connectivity index (χ0n) is 6.80. The summed E-state index contributed by atoms with van der Waals surface area (Å²) in [7, 11) is 0. The summed E-state index contributed by atoms with van der Waals surface area (Å²) < 4.78 is 25.1. The van der Waals surface area contributed by atoms with Gasteiger partial charge in [-0.2, -0.15) is 0 Å². The minimum Gasteiger partial charge on any atom is -0.481 e. The van der Waals surface area contributed by atoms with Crippen LogP contribution in [0.25, 0.3) is 0 Å². The second-order valence-electron chi connectivity index (χ2n) is 2.99. The van der Waals surface area contributed by atoms with Crippen molar-refractivity contribution >= 4 is 11.9 Å². The highest BCUT2D eigenvalue weighted by molar-refractivity contribution is 5.93. The van der Waals surface area contributed by atoms with Crippen LogP contribution in [-0.2, 0) is 9.59 Å². The van der Waals surface area contributed by atoms with Crippen LogP contribution in [0.5, 0.6) is 0 Å². The number of halogens is 2. The van der Waals surface area contributed by atoms with E-state index in [0.29, 0.717) is 0 Å². The molecule has 4 nitrogen and oxygen atoms in total. The van der Waals surface area contributed by atoms with Gasteiger partial charge in [0.15, 0.2) is 0 Å². The van der Waals surface area contributed by atoms with Gasteiger partial charge in [0, 0.05) is 13.0 Å². The Hall–Kier alpha value is -1.20. The van der Waals surface area contributed by atoms with E-state index >= 15 is 0 Å². The highest BCUT2D eigenvalue weighted by atomic mass is 19.3. The molecule has 13 heavy (non-hydrogen) atoms. The van der Waals surface area contributed by atoms with Gasteiger partial charge in [-0.1, -0.05) is 0 Å². The van der Waals surface area contributed by atoms with Crippen LogP contribution in [0.15, 0.2) is 0 Å². The number of alkyl halides is 2. The van der Waals surface area contributed by atoms with Gasteiger partial charge in [0.25, 0.3) is 5.92 Å². The number of carboxylic acids is 1. The number of nitrogens with zero attached hydrogens (tertiary/aromatic N) is 1. The Labute approximate surface area is 73.1 Å². The number of hydrogen-bond acceptors (Lipinski definition) is 2. The van der Waals surface area contributed by atoms with Crippen molar-refractivity contribution < 1.29 is 23.5 Å². The molecule has 74 valence electrons. The summed E-state index contributed by atoms with van der Waals surface area (Å²) in [6.07, 6.45) is -1.09. The monoisotopic (exact) mass is 193 g/mol. The van der Waals surface area contributed by atoms with Gasteiger partial charge in [-0.15, -0.1) is 0 Å². The number of aliphatic carboxylic acids is 1.